The van der Waals surface area contributed by atoms with Gasteiger partial charge in [0, 0.05) is 45.8 Å². The maximum atomic E-state index is 13.4. The first-order valence-electron chi connectivity index (χ1n) is 10.4. The van der Waals surface area contributed by atoms with E-state index in [4.69, 9.17) is 0 Å². The number of rotatable bonds is 5. The topological polar surface area (TPSA) is 51.2 Å². The summed E-state index contributed by atoms with van der Waals surface area (Å²) in [5, 5.41) is 3.34. The molecule has 1 amide bonds. The van der Waals surface area contributed by atoms with E-state index in [1.54, 1.807) is 6.07 Å². The van der Waals surface area contributed by atoms with Gasteiger partial charge in [0.25, 0.3) is 0 Å². The van der Waals surface area contributed by atoms with Crippen LogP contribution in [-0.4, -0.2) is 78.4 Å². The Bertz CT molecular complexity index is 687. The summed E-state index contributed by atoms with van der Waals surface area (Å²) in [7, 11) is 0. The number of piperazine rings is 1. The summed E-state index contributed by atoms with van der Waals surface area (Å²) >= 11 is 0. The number of carbonyl (C=O) groups excluding carboxylic acids is 1. The van der Waals surface area contributed by atoms with Crippen molar-refractivity contribution in [3.8, 4) is 0 Å². The zero-order valence-electron chi connectivity index (χ0n) is 17.4. The molecule has 0 radical (unpaired) electrons. The Balaban J connectivity index is 0.00000300. The number of hydrogen-bond donors (Lipinski definition) is 1. The van der Waals surface area contributed by atoms with Crippen LogP contribution in [0.5, 0.6) is 0 Å². The first-order chi connectivity index (χ1) is 13.6. The maximum Gasteiger partial charge on any atom is 0.239 e. The summed E-state index contributed by atoms with van der Waals surface area (Å²) in [4.78, 5) is 23.8. The van der Waals surface area contributed by atoms with Crippen LogP contribution in [0.15, 0.2) is 29.3 Å². The van der Waals surface area contributed by atoms with Crippen molar-refractivity contribution in [3.63, 3.8) is 0 Å². The van der Waals surface area contributed by atoms with E-state index in [0.717, 1.165) is 70.2 Å². The number of hydrogen-bond acceptors (Lipinski definition) is 3. The lowest BCUT2D eigenvalue weighted by atomic mass is 10.2. The van der Waals surface area contributed by atoms with Crippen LogP contribution in [0, 0.1) is 5.82 Å². The lowest BCUT2D eigenvalue weighted by Gasteiger charge is -2.39. The van der Waals surface area contributed by atoms with Gasteiger partial charge in [-0.25, -0.2) is 9.38 Å². The fourth-order valence-corrected chi connectivity index (χ4v) is 3.91. The number of nitrogens with zero attached hydrogens (tertiary/aromatic N) is 4. The zero-order chi connectivity index (χ0) is 19.9. The molecule has 0 bridgehead atoms. The van der Waals surface area contributed by atoms with E-state index in [1.165, 1.54) is 12.1 Å². The van der Waals surface area contributed by atoms with Crippen LogP contribution >= 0.6 is 24.0 Å². The molecule has 1 unspecified atom stereocenters. The minimum atomic E-state index is -0.233. The van der Waals surface area contributed by atoms with Gasteiger partial charge in [-0.15, -0.1) is 24.0 Å². The number of aliphatic imine (C=N–C) groups is 1. The fourth-order valence-electron chi connectivity index (χ4n) is 3.91. The number of halogens is 2. The molecule has 6 nitrogen and oxygen atoms in total. The lowest BCUT2D eigenvalue weighted by molar-refractivity contribution is -0.135. The summed E-state index contributed by atoms with van der Waals surface area (Å²) in [6.07, 6.45) is 2.25. The number of amides is 1. The molecule has 0 spiro atoms. The molecule has 1 aromatic carbocycles. The predicted octanol–water partition coefficient (Wildman–Crippen LogP) is 2.54. The molecule has 0 aliphatic carbocycles. The van der Waals surface area contributed by atoms with Gasteiger partial charge in [0.15, 0.2) is 5.96 Å². The van der Waals surface area contributed by atoms with Crippen LogP contribution in [0.3, 0.4) is 0 Å². The third kappa shape index (κ3) is 6.53. The molecule has 1 aromatic rings. The average molecular weight is 517 g/mol. The molecular weight excluding hydrogens is 484 g/mol. The number of likely N-dealkylation sites (tertiary alicyclic amines) is 1. The van der Waals surface area contributed by atoms with Crippen molar-refractivity contribution in [2.24, 2.45) is 4.99 Å². The number of carbonyl (C=O) groups is 1. The molecular formula is C21H33FIN5O. The minimum absolute atomic E-state index is 0. The molecule has 29 heavy (non-hydrogen) atoms. The van der Waals surface area contributed by atoms with Gasteiger partial charge < -0.3 is 15.1 Å². The molecule has 8 heteroatoms. The van der Waals surface area contributed by atoms with Gasteiger partial charge in [-0.1, -0.05) is 12.1 Å². The molecule has 2 aliphatic heterocycles. The molecule has 2 saturated heterocycles. The first-order valence-corrected chi connectivity index (χ1v) is 10.4. The Labute approximate surface area is 190 Å². The van der Waals surface area contributed by atoms with Crippen LogP contribution in [0.1, 0.15) is 32.3 Å². The molecule has 0 aromatic heterocycles. The molecule has 2 heterocycles. The predicted molar refractivity (Wildman–Crippen MR) is 125 cm³/mol. The average Bonchev–Trinajstić information content (AvgIpc) is 3.25. The van der Waals surface area contributed by atoms with E-state index in [0.29, 0.717) is 6.54 Å². The van der Waals surface area contributed by atoms with Crippen molar-refractivity contribution in [3.05, 3.63) is 35.6 Å². The Kier molecular flexibility index (Phi) is 9.61. The monoisotopic (exact) mass is 517 g/mol. The molecule has 0 saturated carbocycles. The Morgan fingerprint density at radius 1 is 1.14 bits per heavy atom. The van der Waals surface area contributed by atoms with Crippen molar-refractivity contribution in [1.82, 2.24) is 20.0 Å². The molecule has 162 valence electrons. The largest absolute Gasteiger partial charge is 0.357 e. The Morgan fingerprint density at radius 3 is 2.45 bits per heavy atom. The normalized spacial score (nSPS) is 19.1. The molecule has 1 N–H and O–H groups in total. The fraction of sp³-hybridized carbons (Fsp3) is 0.619. The SMILES string of the molecule is CCNC(=NCc1cccc(F)c1)N1CCN(C(C)C(=O)N2CCCC2)CC1.I. The van der Waals surface area contributed by atoms with Crippen LogP contribution in [0.4, 0.5) is 4.39 Å². The summed E-state index contributed by atoms with van der Waals surface area (Å²) in [5.41, 5.74) is 0.860. The van der Waals surface area contributed by atoms with Crippen molar-refractivity contribution >= 4 is 35.8 Å². The smallest absolute Gasteiger partial charge is 0.239 e. The lowest BCUT2D eigenvalue weighted by Crippen LogP contribution is -2.57. The molecule has 3 rings (SSSR count). The maximum absolute atomic E-state index is 13.4. The molecule has 2 aliphatic rings. The third-order valence-corrected chi connectivity index (χ3v) is 5.57. The highest BCUT2D eigenvalue weighted by atomic mass is 127. The van der Waals surface area contributed by atoms with E-state index < -0.39 is 0 Å². The summed E-state index contributed by atoms with van der Waals surface area (Å²) in [5.74, 6) is 0.880. The second-order valence-corrected chi connectivity index (χ2v) is 7.53. The zero-order valence-corrected chi connectivity index (χ0v) is 19.8. The van der Waals surface area contributed by atoms with E-state index in [9.17, 15) is 9.18 Å². The summed E-state index contributed by atoms with van der Waals surface area (Å²) in [6.45, 7) is 10.4. The van der Waals surface area contributed by atoms with Crippen LogP contribution in [0.2, 0.25) is 0 Å². The first kappa shape index (κ1) is 23.9. The third-order valence-electron chi connectivity index (χ3n) is 5.57. The van der Waals surface area contributed by atoms with Gasteiger partial charge >= 0.3 is 0 Å². The van der Waals surface area contributed by atoms with Gasteiger partial charge in [0.1, 0.15) is 5.82 Å². The van der Waals surface area contributed by atoms with E-state index in [-0.39, 0.29) is 41.7 Å². The highest BCUT2D eigenvalue weighted by Gasteiger charge is 2.30. The van der Waals surface area contributed by atoms with Crippen molar-refractivity contribution in [2.45, 2.75) is 39.3 Å². The van der Waals surface area contributed by atoms with Gasteiger partial charge in [0.05, 0.1) is 12.6 Å². The highest BCUT2D eigenvalue weighted by Crippen LogP contribution is 2.14. The quantitative estimate of drug-likeness (QED) is 0.371. The number of benzene rings is 1. The van der Waals surface area contributed by atoms with Crippen LogP contribution in [0.25, 0.3) is 0 Å². The van der Waals surface area contributed by atoms with Crippen molar-refractivity contribution in [2.75, 3.05) is 45.8 Å². The highest BCUT2D eigenvalue weighted by molar-refractivity contribution is 14.0. The summed E-state index contributed by atoms with van der Waals surface area (Å²) < 4.78 is 13.4. The van der Waals surface area contributed by atoms with Crippen LogP contribution < -0.4 is 5.32 Å². The van der Waals surface area contributed by atoms with Gasteiger partial charge in [-0.05, 0) is 44.4 Å². The van der Waals surface area contributed by atoms with Crippen molar-refractivity contribution in [1.29, 1.82) is 0 Å². The van der Waals surface area contributed by atoms with E-state index >= 15 is 0 Å². The van der Waals surface area contributed by atoms with E-state index in [1.807, 2.05) is 24.8 Å². The minimum Gasteiger partial charge on any atom is -0.357 e. The number of guanidine groups is 1. The Morgan fingerprint density at radius 2 is 1.83 bits per heavy atom. The van der Waals surface area contributed by atoms with Crippen LogP contribution in [-0.2, 0) is 11.3 Å². The Hall–Kier alpha value is -1.42. The van der Waals surface area contributed by atoms with Gasteiger partial charge in [0.2, 0.25) is 5.91 Å². The second kappa shape index (κ2) is 11.7. The molecule has 2 fully saturated rings. The standard InChI is InChI=1S/C21H32FN5O.HI/c1-3-23-21(24-16-18-7-6-8-19(22)15-18)27-13-11-25(12-14-27)17(2)20(28)26-9-4-5-10-26;/h6-8,15,17H,3-5,9-14,16H2,1-2H3,(H,23,24);1H. The van der Waals surface area contributed by atoms with E-state index in [2.05, 4.69) is 20.1 Å². The van der Waals surface area contributed by atoms with Crippen molar-refractivity contribution < 1.29 is 9.18 Å². The number of nitrogens with one attached hydrogen (secondary N) is 1. The second-order valence-electron chi connectivity index (χ2n) is 7.53. The van der Waals surface area contributed by atoms with Gasteiger partial charge in [-0.2, -0.15) is 0 Å². The summed E-state index contributed by atoms with van der Waals surface area (Å²) in [6, 6.07) is 6.51. The van der Waals surface area contributed by atoms with Gasteiger partial charge in [-0.3, -0.25) is 9.69 Å². The molecule has 1 atom stereocenters.